The molecule has 1 aromatic carbocycles. The van der Waals surface area contributed by atoms with Gasteiger partial charge in [-0.25, -0.2) is 19.7 Å². The number of fused-ring (bicyclic) bond motifs is 2. The average molecular weight is 499 g/mol. The number of anilines is 1. The lowest BCUT2D eigenvalue weighted by Crippen LogP contribution is -2.43. The van der Waals surface area contributed by atoms with E-state index < -0.39 is 5.60 Å². The molecule has 2 aromatic heterocycles. The lowest BCUT2D eigenvalue weighted by atomic mass is 9.95. The Morgan fingerprint density at radius 2 is 2.09 bits per heavy atom. The van der Waals surface area contributed by atoms with Gasteiger partial charge in [-0.05, 0) is 64.2 Å². The number of aryl methyl sites for hydroxylation is 1. The molecule has 4 heterocycles. The summed E-state index contributed by atoms with van der Waals surface area (Å²) < 4.78 is 18.6. The van der Waals surface area contributed by atoms with E-state index in [0.29, 0.717) is 36.0 Å². The largest absolute Gasteiger partial charge is 0.454 e. The highest BCUT2D eigenvalue weighted by Gasteiger charge is 2.28. The SMILES string of the molecule is CC(C)(C)OC(=O)N1CCCC(CCn2c(Sc3ccc4c(c3)OCO4)nc3c(N)ncnc32)C1. The van der Waals surface area contributed by atoms with Crippen LogP contribution in [0, 0.1) is 5.92 Å². The number of aromatic nitrogens is 4. The number of ether oxygens (including phenoxy) is 3. The Morgan fingerprint density at radius 3 is 2.91 bits per heavy atom. The van der Waals surface area contributed by atoms with Gasteiger partial charge in [-0.2, -0.15) is 0 Å². The fourth-order valence-electron chi connectivity index (χ4n) is 4.36. The number of piperidine rings is 1. The van der Waals surface area contributed by atoms with Crippen LogP contribution in [0.25, 0.3) is 11.2 Å². The molecule has 1 atom stereocenters. The molecule has 1 amide bonds. The molecular formula is C24H30N6O4S. The van der Waals surface area contributed by atoms with E-state index in [4.69, 9.17) is 24.9 Å². The zero-order chi connectivity index (χ0) is 24.6. The maximum atomic E-state index is 12.6. The van der Waals surface area contributed by atoms with Crippen molar-refractivity contribution in [2.24, 2.45) is 5.92 Å². The van der Waals surface area contributed by atoms with E-state index in [2.05, 4.69) is 14.5 Å². The smallest absolute Gasteiger partial charge is 0.410 e. The van der Waals surface area contributed by atoms with Crippen molar-refractivity contribution >= 4 is 34.8 Å². The van der Waals surface area contributed by atoms with Crippen molar-refractivity contribution in [1.29, 1.82) is 0 Å². The number of imidazole rings is 1. The Morgan fingerprint density at radius 1 is 1.26 bits per heavy atom. The number of hydrogen-bond acceptors (Lipinski definition) is 9. The molecule has 10 nitrogen and oxygen atoms in total. The topological polar surface area (TPSA) is 118 Å². The van der Waals surface area contributed by atoms with Gasteiger partial charge >= 0.3 is 6.09 Å². The molecule has 1 fully saturated rings. The number of carbonyl (C=O) groups excluding carboxylic acids is 1. The minimum Gasteiger partial charge on any atom is -0.454 e. The van der Waals surface area contributed by atoms with Gasteiger partial charge < -0.3 is 29.4 Å². The first-order valence-corrected chi connectivity index (χ1v) is 12.6. The summed E-state index contributed by atoms with van der Waals surface area (Å²) in [4.78, 5) is 28.7. The number of rotatable bonds is 5. The molecule has 1 unspecified atom stereocenters. The number of hydrogen-bond donors (Lipinski definition) is 1. The van der Waals surface area contributed by atoms with Crippen molar-refractivity contribution in [3.63, 3.8) is 0 Å². The van der Waals surface area contributed by atoms with Gasteiger partial charge in [0.2, 0.25) is 6.79 Å². The summed E-state index contributed by atoms with van der Waals surface area (Å²) in [5, 5.41) is 0.783. The summed E-state index contributed by atoms with van der Waals surface area (Å²) in [6.45, 7) is 8.02. The van der Waals surface area contributed by atoms with Gasteiger partial charge in [0.1, 0.15) is 11.9 Å². The van der Waals surface area contributed by atoms with E-state index >= 15 is 0 Å². The quantitative estimate of drug-likeness (QED) is 0.548. The molecule has 0 aliphatic carbocycles. The molecule has 35 heavy (non-hydrogen) atoms. The fourth-order valence-corrected chi connectivity index (χ4v) is 5.30. The maximum absolute atomic E-state index is 12.6. The number of nitrogens with two attached hydrogens (primary N) is 1. The molecule has 2 aliphatic rings. The Balaban J connectivity index is 1.34. The summed E-state index contributed by atoms with van der Waals surface area (Å²) in [7, 11) is 0. The van der Waals surface area contributed by atoms with Crippen molar-refractivity contribution in [3.05, 3.63) is 24.5 Å². The Labute approximate surface area is 208 Å². The van der Waals surface area contributed by atoms with E-state index in [-0.39, 0.29) is 12.9 Å². The van der Waals surface area contributed by atoms with Gasteiger partial charge in [0.05, 0.1) is 0 Å². The molecule has 0 spiro atoms. The van der Waals surface area contributed by atoms with Crippen LogP contribution >= 0.6 is 11.8 Å². The summed E-state index contributed by atoms with van der Waals surface area (Å²) in [6.07, 6.45) is 4.13. The molecule has 2 aliphatic heterocycles. The highest BCUT2D eigenvalue weighted by Crippen LogP contribution is 2.38. The van der Waals surface area contributed by atoms with Gasteiger partial charge in [-0.3, -0.25) is 0 Å². The van der Waals surface area contributed by atoms with Crippen LogP contribution in [0.2, 0.25) is 0 Å². The molecule has 11 heteroatoms. The first kappa shape index (κ1) is 23.5. The number of nitrogen functional groups attached to an aromatic ring is 1. The molecule has 1 saturated heterocycles. The van der Waals surface area contributed by atoms with E-state index in [1.54, 1.807) is 0 Å². The van der Waals surface area contributed by atoms with E-state index in [1.807, 2.05) is 43.9 Å². The molecule has 0 saturated carbocycles. The third kappa shape index (κ3) is 5.24. The van der Waals surface area contributed by atoms with Gasteiger partial charge in [0.25, 0.3) is 0 Å². The number of carbonyl (C=O) groups is 1. The average Bonchev–Trinajstić information content (AvgIpc) is 3.41. The first-order chi connectivity index (χ1) is 16.8. The van der Waals surface area contributed by atoms with Gasteiger partial charge in [0, 0.05) is 24.5 Å². The van der Waals surface area contributed by atoms with Crippen LogP contribution in [-0.2, 0) is 11.3 Å². The molecule has 186 valence electrons. The van der Waals surface area contributed by atoms with E-state index in [1.165, 1.54) is 18.1 Å². The van der Waals surface area contributed by atoms with Gasteiger partial charge in [-0.1, -0.05) is 11.8 Å². The predicted molar refractivity (Wildman–Crippen MR) is 132 cm³/mol. The van der Waals surface area contributed by atoms with Crippen molar-refractivity contribution < 1.29 is 19.0 Å². The highest BCUT2D eigenvalue weighted by molar-refractivity contribution is 7.99. The van der Waals surface area contributed by atoms with E-state index in [9.17, 15) is 4.79 Å². The summed E-state index contributed by atoms with van der Waals surface area (Å²) in [5.41, 5.74) is 6.92. The van der Waals surface area contributed by atoms with Crippen LogP contribution in [0.5, 0.6) is 11.5 Å². The molecule has 0 bridgehead atoms. The Kier molecular flexibility index (Phi) is 6.35. The second-order valence-electron chi connectivity index (χ2n) is 9.82. The van der Waals surface area contributed by atoms with Crippen LogP contribution in [0.15, 0.2) is 34.6 Å². The van der Waals surface area contributed by atoms with Crippen LogP contribution in [0.3, 0.4) is 0 Å². The second-order valence-corrected chi connectivity index (χ2v) is 10.9. The first-order valence-electron chi connectivity index (χ1n) is 11.8. The van der Waals surface area contributed by atoms with Crippen molar-refractivity contribution in [2.75, 3.05) is 25.6 Å². The highest BCUT2D eigenvalue weighted by atomic mass is 32.2. The maximum Gasteiger partial charge on any atom is 0.410 e. The zero-order valence-corrected chi connectivity index (χ0v) is 21.0. The lowest BCUT2D eigenvalue weighted by Gasteiger charge is -2.34. The van der Waals surface area contributed by atoms with Crippen molar-refractivity contribution in [1.82, 2.24) is 24.4 Å². The number of amides is 1. The number of likely N-dealkylation sites (tertiary alicyclic amines) is 1. The molecule has 5 rings (SSSR count). The minimum absolute atomic E-state index is 0.232. The van der Waals surface area contributed by atoms with Crippen LogP contribution in [0.1, 0.15) is 40.0 Å². The monoisotopic (exact) mass is 498 g/mol. The van der Waals surface area contributed by atoms with Crippen LogP contribution in [0.4, 0.5) is 10.6 Å². The minimum atomic E-state index is -0.500. The van der Waals surface area contributed by atoms with Crippen LogP contribution in [-0.4, -0.2) is 56.0 Å². The van der Waals surface area contributed by atoms with Crippen molar-refractivity contribution in [2.45, 2.75) is 62.2 Å². The third-order valence-electron chi connectivity index (χ3n) is 6.01. The molecule has 0 radical (unpaired) electrons. The lowest BCUT2D eigenvalue weighted by molar-refractivity contribution is 0.0159. The zero-order valence-electron chi connectivity index (χ0n) is 20.2. The third-order valence-corrected chi connectivity index (χ3v) is 6.99. The van der Waals surface area contributed by atoms with E-state index in [0.717, 1.165) is 47.4 Å². The summed E-state index contributed by atoms with van der Waals surface area (Å²) in [6, 6.07) is 5.83. The number of nitrogens with zero attached hydrogens (tertiary/aromatic N) is 5. The fraction of sp³-hybridized carbons (Fsp3) is 0.500. The summed E-state index contributed by atoms with van der Waals surface area (Å²) in [5.74, 6) is 2.18. The molecular weight excluding hydrogens is 468 g/mol. The van der Waals surface area contributed by atoms with Crippen molar-refractivity contribution in [3.8, 4) is 11.5 Å². The Bertz CT molecular complexity index is 1240. The van der Waals surface area contributed by atoms with Gasteiger partial charge in [0.15, 0.2) is 33.6 Å². The predicted octanol–water partition coefficient (Wildman–Crippen LogP) is 4.33. The van der Waals surface area contributed by atoms with Gasteiger partial charge in [-0.15, -0.1) is 0 Å². The summed E-state index contributed by atoms with van der Waals surface area (Å²) >= 11 is 1.52. The second kappa shape index (κ2) is 9.44. The number of benzene rings is 1. The standard InChI is InChI=1S/C24H30N6O4S/c1-24(2,3)34-23(31)29-9-4-5-15(12-29)8-10-30-21-19(20(25)26-13-27-21)28-22(30)35-16-6-7-17-18(11-16)33-14-32-17/h6-7,11,13,15H,4-5,8-10,12,14H2,1-3H3,(H2,25,26,27). The Hall–Kier alpha value is -3.21. The molecule has 2 N–H and O–H groups in total. The van der Waals surface area contributed by atoms with Crippen LogP contribution < -0.4 is 15.2 Å². The molecule has 3 aromatic rings. The normalized spacial score (nSPS) is 17.7.